The zero-order valence-electron chi connectivity index (χ0n) is 23.4. The number of hydrogen-bond acceptors (Lipinski definition) is 8. The Morgan fingerprint density at radius 1 is 0.927 bits per heavy atom. The highest BCUT2D eigenvalue weighted by molar-refractivity contribution is 5.94. The summed E-state index contributed by atoms with van der Waals surface area (Å²) in [7, 11) is 1.86. The molecule has 1 saturated carbocycles. The van der Waals surface area contributed by atoms with Crippen molar-refractivity contribution in [2.24, 2.45) is 12.8 Å². The number of pyridine rings is 1. The Kier molecular flexibility index (Phi) is 7.91. The third kappa shape index (κ3) is 6.22. The fourth-order valence-electron chi connectivity index (χ4n) is 6.18. The summed E-state index contributed by atoms with van der Waals surface area (Å²) in [6, 6.07) is 21.1. The first-order chi connectivity index (χ1) is 20.0. The van der Waals surface area contributed by atoms with E-state index in [-0.39, 0.29) is 0 Å². The Balaban J connectivity index is 1.11. The van der Waals surface area contributed by atoms with Gasteiger partial charge in [0.2, 0.25) is 5.91 Å². The molecule has 2 aromatic heterocycles. The minimum atomic E-state index is -0.423. The van der Waals surface area contributed by atoms with Crippen LogP contribution in [0.15, 0.2) is 66.9 Å². The van der Waals surface area contributed by atoms with Gasteiger partial charge in [-0.1, -0.05) is 25.0 Å². The quantitative estimate of drug-likeness (QED) is 0.300. The molecule has 0 radical (unpaired) electrons. The van der Waals surface area contributed by atoms with Crippen molar-refractivity contribution in [2.45, 2.75) is 56.7 Å². The number of amides is 1. The molecule has 212 valence electrons. The summed E-state index contributed by atoms with van der Waals surface area (Å²) >= 11 is 0. The van der Waals surface area contributed by atoms with E-state index in [4.69, 9.17) is 5.73 Å². The number of piperidine rings is 1. The number of anilines is 2. The number of nitrogens with one attached hydrogen (secondary N) is 2. The number of carbonyl (C=O) groups excluding carboxylic acids is 1. The van der Waals surface area contributed by atoms with Crippen LogP contribution in [0.2, 0.25) is 0 Å². The van der Waals surface area contributed by atoms with Gasteiger partial charge in [0.05, 0.1) is 0 Å². The number of aromatic nitrogens is 5. The van der Waals surface area contributed by atoms with Gasteiger partial charge in [-0.15, -0.1) is 5.10 Å². The van der Waals surface area contributed by atoms with E-state index in [0.717, 1.165) is 60.7 Å². The van der Waals surface area contributed by atoms with Crippen molar-refractivity contribution in [1.29, 1.82) is 0 Å². The van der Waals surface area contributed by atoms with Gasteiger partial charge in [-0.2, -0.15) is 0 Å². The predicted octanol–water partition coefficient (Wildman–Crippen LogP) is 4.02. The van der Waals surface area contributed by atoms with E-state index in [9.17, 15) is 4.79 Å². The fourth-order valence-corrected chi connectivity index (χ4v) is 6.18. The van der Waals surface area contributed by atoms with Crippen molar-refractivity contribution in [2.75, 3.05) is 23.3 Å². The standard InChI is InChI=1S/C31H37N9O/c1-39-31(36-37-38-39)21-11-13-26(14-12-21)40-17-5-8-25(20-40)34-27-9-2-3-10-28(27)35-29-19-23(15-16-33-29)22-6-4-7-24(18-22)30(32)41/h4,6-7,11-16,18-19,25,27-28,34H,2-3,5,8-10,17,20H2,1H3,(H2,32,41)(H,33,35). The summed E-state index contributed by atoms with van der Waals surface area (Å²) in [6.45, 7) is 2.04. The van der Waals surface area contributed by atoms with E-state index in [1.807, 2.05) is 37.5 Å². The lowest BCUT2D eigenvalue weighted by molar-refractivity contribution is 0.100. The summed E-state index contributed by atoms with van der Waals surface area (Å²) in [5.74, 6) is 1.20. The highest BCUT2D eigenvalue weighted by atomic mass is 16.1. The van der Waals surface area contributed by atoms with Gasteiger partial charge in [0, 0.05) is 61.3 Å². The summed E-state index contributed by atoms with van der Waals surface area (Å²) in [4.78, 5) is 18.8. The number of aryl methyl sites for hydroxylation is 1. The summed E-state index contributed by atoms with van der Waals surface area (Å²) < 4.78 is 1.69. The van der Waals surface area contributed by atoms with E-state index in [1.165, 1.54) is 24.9 Å². The maximum absolute atomic E-state index is 11.7. The molecule has 2 aromatic carbocycles. The summed E-state index contributed by atoms with van der Waals surface area (Å²) in [5, 5.41) is 19.6. The SMILES string of the molecule is Cn1nnnc1-c1ccc(N2CCCC(NC3CCCCC3Nc3cc(-c4cccc(C(N)=O)c4)ccn3)C2)cc1. The molecule has 1 saturated heterocycles. The number of hydrogen-bond donors (Lipinski definition) is 3. The highest BCUT2D eigenvalue weighted by Crippen LogP contribution is 2.28. The largest absolute Gasteiger partial charge is 0.370 e. The second-order valence-corrected chi connectivity index (χ2v) is 11.1. The van der Waals surface area contributed by atoms with Crippen molar-refractivity contribution in [1.82, 2.24) is 30.5 Å². The Hall–Kier alpha value is -4.31. The van der Waals surface area contributed by atoms with Crippen molar-refractivity contribution < 1.29 is 4.79 Å². The molecule has 3 heterocycles. The Labute approximate surface area is 240 Å². The van der Waals surface area contributed by atoms with Crippen LogP contribution in [0, 0.1) is 0 Å². The Bertz CT molecular complexity index is 1480. The number of tetrazole rings is 1. The van der Waals surface area contributed by atoms with Gasteiger partial charge >= 0.3 is 0 Å². The minimum absolute atomic E-state index is 0.304. The molecule has 4 aromatic rings. The highest BCUT2D eigenvalue weighted by Gasteiger charge is 2.29. The molecule has 2 aliphatic rings. The second-order valence-electron chi connectivity index (χ2n) is 11.1. The maximum Gasteiger partial charge on any atom is 0.248 e. The molecule has 10 heteroatoms. The molecular formula is C31H37N9O. The van der Waals surface area contributed by atoms with Gasteiger partial charge in [0.25, 0.3) is 0 Å². The van der Waals surface area contributed by atoms with Crippen molar-refractivity contribution in [3.63, 3.8) is 0 Å². The number of rotatable bonds is 8. The summed E-state index contributed by atoms with van der Waals surface area (Å²) in [6.07, 6.45) is 8.85. The molecule has 41 heavy (non-hydrogen) atoms. The Morgan fingerprint density at radius 2 is 1.73 bits per heavy atom. The first-order valence-corrected chi connectivity index (χ1v) is 14.5. The molecule has 1 aliphatic carbocycles. The lowest BCUT2D eigenvalue weighted by atomic mass is 9.89. The molecule has 2 fully saturated rings. The van der Waals surface area contributed by atoms with Crippen LogP contribution in [0.4, 0.5) is 11.5 Å². The number of primary amides is 1. The lowest BCUT2D eigenvalue weighted by Crippen LogP contribution is -2.54. The van der Waals surface area contributed by atoms with Crippen LogP contribution in [0.3, 0.4) is 0 Å². The number of nitrogens with two attached hydrogens (primary N) is 1. The fraction of sp³-hybridized carbons (Fsp3) is 0.387. The Morgan fingerprint density at radius 3 is 2.51 bits per heavy atom. The number of carbonyl (C=O) groups is 1. The van der Waals surface area contributed by atoms with Crippen LogP contribution in [0.1, 0.15) is 48.9 Å². The second kappa shape index (κ2) is 12.1. The molecule has 4 N–H and O–H groups in total. The van der Waals surface area contributed by atoms with Crippen LogP contribution in [0.25, 0.3) is 22.5 Å². The smallest absolute Gasteiger partial charge is 0.248 e. The topological polar surface area (TPSA) is 127 Å². The third-order valence-electron chi connectivity index (χ3n) is 8.32. The molecule has 1 amide bonds. The van der Waals surface area contributed by atoms with Crippen LogP contribution >= 0.6 is 0 Å². The van der Waals surface area contributed by atoms with Crippen LogP contribution in [-0.2, 0) is 7.05 Å². The van der Waals surface area contributed by atoms with E-state index in [0.29, 0.717) is 23.7 Å². The lowest BCUT2D eigenvalue weighted by Gasteiger charge is -2.40. The molecular weight excluding hydrogens is 514 g/mol. The zero-order valence-corrected chi connectivity index (χ0v) is 23.4. The van der Waals surface area contributed by atoms with Crippen molar-refractivity contribution in [3.05, 3.63) is 72.4 Å². The molecule has 0 bridgehead atoms. The average molecular weight is 552 g/mol. The normalized spacial score (nSPS) is 21.0. The van der Waals surface area contributed by atoms with E-state index in [2.05, 4.69) is 66.4 Å². The zero-order chi connectivity index (χ0) is 28.2. The van der Waals surface area contributed by atoms with Gasteiger partial charge in [-0.3, -0.25) is 4.79 Å². The molecule has 1 aliphatic heterocycles. The molecule has 3 unspecified atom stereocenters. The van der Waals surface area contributed by atoms with Crippen LogP contribution in [0.5, 0.6) is 0 Å². The van der Waals surface area contributed by atoms with Gasteiger partial charge in [-0.25, -0.2) is 9.67 Å². The number of benzene rings is 2. The van der Waals surface area contributed by atoms with Crippen LogP contribution in [-0.4, -0.2) is 62.3 Å². The maximum atomic E-state index is 11.7. The molecule has 0 spiro atoms. The van der Waals surface area contributed by atoms with Crippen molar-refractivity contribution >= 4 is 17.4 Å². The van der Waals surface area contributed by atoms with Crippen molar-refractivity contribution in [3.8, 4) is 22.5 Å². The molecule has 6 rings (SSSR count). The predicted molar refractivity (Wildman–Crippen MR) is 160 cm³/mol. The van der Waals surface area contributed by atoms with E-state index in [1.54, 1.807) is 10.7 Å². The first-order valence-electron chi connectivity index (χ1n) is 14.5. The molecule has 3 atom stereocenters. The van der Waals surface area contributed by atoms with Gasteiger partial charge in [0.15, 0.2) is 5.82 Å². The molecule has 10 nitrogen and oxygen atoms in total. The number of nitrogens with zero attached hydrogens (tertiary/aromatic N) is 6. The third-order valence-corrected chi connectivity index (χ3v) is 8.32. The van der Waals surface area contributed by atoms with Crippen LogP contribution < -0.4 is 21.3 Å². The average Bonchev–Trinajstić information content (AvgIpc) is 3.44. The summed E-state index contributed by atoms with van der Waals surface area (Å²) in [5.41, 5.74) is 10.2. The van der Waals surface area contributed by atoms with Gasteiger partial charge < -0.3 is 21.3 Å². The first kappa shape index (κ1) is 26.9. The van der Waals surface area contributed by atoms with E-state index < -0.39 is 5.91 Å². The minimum Gasteiger partial charge on any atom is -0.370 e. The van der Waals surface area contributed by atoms with E-state index >= 15 is 0 Å². The van der Waals surface area contributed by atoms with Gasteiger partial charge in [0.1, 0.15) is 5.82 Å². The van der Waals surface area contributed by atoms with Gasteiger partial charge in [-0.05, 0) is 95.8 Å². The monoisotopic (exact) mass is 551 g/mol.